The first-order valence-electron chi connectivity index (χ1n) is 8.71. The monoisotopic (exact) mass is 387 g/mol. The summed E-state index contributed by atoms with van der Waals surface area (Å²) >= 11 is 0. The Balaban J connectivity index is 1.74. The predicted octanol–water partition coefficient (Wildman–Crippen LogP) is 3.01. The summed E-state index contributed by atoms with van der Waals surface area (Å²) in [6.07, 6.45) is 1.75. The number of hydrogen-bond acceptors (Lipinski definition) is 5. The van der Waals surface area contributed by atoms with Gasteiger partial charge in [0.05, 0.1) is 0 Å². The molecule has 4 N–H and O–H groups in total. The second kappa shape index (κ2) is 8.66. The highest BCUT2D eigenvalue weighted by Crippen LogP contribution is 2.18. The minimum absolute atomic E-state index is 0.0147. The third-order valence-electron chi connectivity index (χ3n) is 4.06. The molecule has 3 aromatic rings. The maximum atomic E-state index is 5.94. The first kappa shape index (κ1) is 19.6. The standard InChI is InChI=1S/C21H21N7O/c1-4-15-10-12-16(13-11-15)20-26-19(27-29-20)18(22)25-21(23)24-14(2)28(3)17-8-6-5-7-9-17/h4-13H,1-2H2,3H3,(H4,22,23,24,25). The molecule has 0 amide bonds. The Labute approximate surface area is 168 Å². The first-order valence-corrected chi connectivity index (χ1v) is 8.71. The van der Waals surface area contributed by atoms with E-state index < -0.39 is 0 Å². The molecule has 0 spiro atoms. The van der Waals surface area contributed by atoms with Gasteiger partial charge in [-0.05, 0) is 29.8 Å². The molecular formula is C21H21N7O. The second-order valence-corrected chi connectivity index (χ2v) is 6.03. The Bertz CT molecular complexity index is 1070. The smallest absolute Gasteiger partial charge is 0.258 e. The van der Waals surface area contributed by atoms with Gasteiger partial charge in [0.2, 0.25) is 11.8 Å². The Kier molecular flexibility index (Phi) is 5.84. The van der Waals surface area contributed by atoms with Crippen LogP contribution in [0.2, 0.25) is 0 Å². The molecule has 0 aliphatic rings. The van der Waals surface area contributed by atoms with Crippen LogP contribution < -0.4 is 16.4 Å². The third kappa shape index (κ3) is 4.75. The molecule has 1 aromatic heterocycles. The van der Waals surface area contributed by atoms with Crippen LogP contribution >= 0.6 is 0 Å². The molecule has 0 saturated carbocycles. The lowest BCUT2D eigenvalue weighted by atomic mass is 10.1. The van der Waals surface area contributed by atoms with Crippen LogP contribution in [0.4, 0.5) is 5.69 Å². The molecule has 1 heterocycles. The van der Waals surface area contributed by atoms with E-state index >= 15 is 0 Å². The number of aromatic nitrogens is 2. The van der Waals surface area contributed by atoms with Gasteiger partial charge in [-0.25, -0.2) is 0 Å². The number of hydrogen-bond donors (Lipinski definition) is 2. The lowest BCUT2D eigenvalue weighted by Crippen LogP contribution is -2.22. The molecular weight excluding hydrogens is 366 g/mol. The molecule has 146 valence electrons. The minimum atomic E-state index is -0.0723. The van der Waals surface area contributed by atoms with E-state index in [2.05, 4.69) is 33.3 Å². The normalized spacial score (nSPS) is 11.9. The lowest BCUT2D eigenvalue weighted by molar-refractivity contribution is 0.429. The van der Waals surface area contributed by atoms with Gasteiger partial charge in [0, 0.05) is 18.3 Å². The highest BCUT2D eigenvalue weighted by molar-refractivity contribution is 6.02. The van der Waals surface area contributed by atoms with Gasteiger partial charge in [0.15, 0.2) is 5.84 Å². The fraction of sp³-hybridized carbons (Fsp3) is 0.0476. The zero-order valence-electron chi connectivity index (χ0n) is 16.0. The van der Waals surface area contributed by atoms with Crippen molar-refractivity contribution in [2.75, 3.05) is 11.9 Å². The van der Waals surface area contributed by atoms with Crippen LogP contribution in [0.5, 0.6) is 0 Å². The number of nitrogens with zero attached hydrogens (tertiary/aromatic N) is 5. The van der Waals surface area contributed by atoms with Crippen LogP contribution in [0.15, 0.2) is 88.1 Å². The topological polar surface area (TPSA) is 119 Å². The van der Waals surface area contributed by atoms with Crippen molar-refractivity contribution in [3.63, 3.8) is 0 Å². The van der Waals surface area contributed by atoms with Crippen LogP contribution in [-0.4, -0.2) is 29.0 Å². The van der Waals surface area contributed by atoms with Gasteiger partial charge < -0.3 is 20.9 Å². The third-order valence-corrected chi connectivity index (χ3v) is 4.06. The van der Waals surface area contributed by atoms with E-state index in [1.807, 2.05) is 61.6 Å². The Morgan fingerprint density at radius 3 is 2.41 bits per heavy atom. The van der Waals surface area contributed by atoms with Crippen molar-refractivity contribution >= 4 is 23.6 Å². The molecule has 0 radical (unpaired) electrons. The van der Waals surface area contributed by atoms with Gasteiger partial charge in [-0.1, -0.05) is 54.7 Å². The molecule has 8 heteroatoms. The number of aliphatic imine (C=N–C) groups is 2. The fourth-order valence-electron chi connectivity index (χ4n) is 2.41. The molecule has 0 bridgehead atoms. The summed E-state index contributed by atoms with van der Waals surface area (Å²) in [5, 5.41) is 3.84. The summed E-state index contributed by atoms with van der Waals surface area (Å²) in [5.41, 5.74) is 14.5. The predicted molar refractivity (Wildman–Crippen MR) is 116 cm³/mol. The summed E-state index contributed by atoms with van der Waals surface area (Å²) in [5.74, 6) is 0.753. The van der Waals surface area contributed by atoms with E-state index in [1.165, 1.54) is 0 Å². The first-order chi connectivity index (χ1) is 14.0. The van der Waals surface area contributed by atoms with E-state index in [9.17, 15) is 0 Å². The number of guanidine groups is 1. The maximum absolute atomic E-state index is 5.94. The van der Waals surface area contributed by atoms with Gasteiger partial charge in [-0.2, -0.15) is 15.0 Å². The van der Waals surface area contributed by atoms with E-state index in [0.29, 0.717) is 11.7 Å². The number of benzene rings is 2. The largest absolute Gasteiger partial charge is 0.380 e. The number of anilines is 1. The van der Waals surface area contributed by atoms with Crippen molar-refractivity contribution in [3.05, 3.63) is 85.0 Å². The van der Waals surface area contributed by atoms with Gasteiger partial charge in [-0.15, -0.1) is 0 Å². The van der Waals surface area contributed by atoms with Crippen LogP contribution in [0, 0.1) is 0 Å². The van der Waals surface area contributed by atoms with E-state index in [0.717, 1.165) is 16.8 Å². The van der Waals surface area contributed by atoms with Crippen molar-refractivity contribution in [1.82, 2.24) is 10.1 Å². The van der Waals surface area contributed by atoms with Crippen molar-refractivity contribution in [2.24, 2.45) is 21.5 Å². The molecule has 29 heavy (non-hydrogen) atoms. The summed E-state index contributed by atoms with van der Waals surface area (Å²) in [4.78, 5) is 14.2. The fourth-order valence-corrected chi connectivity index (χ4v) is 2.41. The SMILES string of the molecule is C=Cc1ccc(-c2nc(/C(N)=N/C(N)=N\C(=C)N(C)c3ccccc3)no2)cc1. The van der Waals surface area contributed by atoms with Crippen molar-refractivity contribution < 1.29 is 4.52 Å². The summed E-state index contributed by atoms with van der Waals surface area (Å²) in [7, 11) is 1.82. The number of nitrogens with two attached hydrogens (primary N) is 2. The molecule has 0 aliphatic heterocycles. The summed E-state index contributed by atoms with van der Waals surface area (Å²) in [6, 6.07) is 17.1. The molecule has 0 unspecified atom stereocenters. The van der Waals surface area contributed by atoms with Gasteiger partial charge in [0.1, 0.15) is 5.82 Å². The van der Waals surface area contributed by atoms with Crippen LogP contribution in [0.3, 0.4) is 0 Å². The minimum Gasteiger partial charge on any atom is -0.380 e. The van der Waals surface area contributed by atoms with Gasteiger partial charge >= 0.3 is 0 Å². The molecule has 8 nitrogen and oxygen atoms in total. The van der Waals surface area contributed by atoms with Crippen LogP contribution in [0.1, 0.15) is 11.4 Å². The Morgan fingerprint density at radius 2 is 1.76 bits per heavy atom. The van der Waals surface area contributed by atoms with Crippen molar-refractivity contribution in [1.29, 1.82) is 0 Å². The molecule has 0 atom stereocenters. The van der Waals surface area contributed by atoms with E-state index in [4.69, 9.17) is 16.0 Å². The van der Waals surface area contributed by atoms with Crippen LogP contribution in [-0.2, 0) is 0 Å². The molecule has 0 saturated heterocycles. The van der Waals surface area contributed by atoms with Crippen molar-refractivity contribution in [3.8, 4) is 11.5 Å². The highest BCUT2D eigenvalue weighted by atomic mass is 16.5. The molecule has 0 fully saturated rings. The number of rotatable bonds is 6. The zero-order chi connectivity index (χ0) is 20.8. The average Bonchev–Trinajstić information content (AvgIpc) is 3.24. The summed E-state index contributed by atoms with van der Waals surface area (Å²) < 4.78 is 5.25. The molecule has 3 rings (SSSR count). The molecule has 0 aliphatic carbocycles. The molecule has 2 aromatic carbocycles. The lowest BCUT2D eigenvalue weighted by Gasteiger charge is -2.18. The number of para-hydroxylation sites is 1. The van der Waals surface area contributed by atoms with Crippen molar-refractivity contribution in [2.45, 2.75) is 0 Å². The van der Waals surface area contributed by atoms with E-state index in [1.54, 1.807) is 11.0 Å². The highest BCUT2D eigenvalue weighted by Gasteiger charge is 2.12. The second-order valence-electron chi connectivity index (χ2n) is 6.03. The van der Waals surface area contributed by atoms with Crippen LogP contribution in [0.25, 0.3) is 17.5 Å². The van der Waals surface area contributed by atoms with Gasteiger partial charge in [-0.3, -0.25) is 0 Å². The van der Waals surface area contributed by atoms with Gasteiger partial charge in [0.25, 0.3) is 5.89 Å². The maximum Gasteiger partial charge on any atom is 0.258 e. The number of amidine groups is 1. The quantitative estimate of drug-likeness (QED) is 0.496. The summed E-state index contributed by atoms with van der Waals surface area (Å²) in [6.45, 7) is 7.62. The zero-order valence-corrected chi connectivity index (χ0v) is 16.0. The average molecular weight is 387 g/mol. The van der Waals surface area contributed by atoms with E-state index in [-0.39, 0.29) is 17.6 Å². The Hall–Kier alpha value is -4.20. The Morgan fingerprint density at radius 1 is 1.07 bits per heavy atom.